The number of nitrogens with one attached hydrogen (secondary N) is 1. The Morgan fingerprint density at radius 1 is 1.26 bits per heavy atom. The molecule has 0 fully saturated rings. The van der Waals surface area contributed by atoms with E-state index in [9.17, 15) is 8.78 Å². The van der Waals surface area contributed by atoms with E-state index in [1.807, 2.05) is 20.8 Å². The van der Waals surface area contributed by atoms with Gasteiger partial charge in [-0.1, -0.05) is 19.1 Å². The third-order valence-electron chi connectivity index (χ3n) is 3.04. The fraction of sp³-hybridized carbons (Fsp3) is 0.333. The molecule has 1 unspecified atom stereocenters. The van der Waals surface area contributed by atoms with Crippen LogP contribution in [-0.2, 0) is 0 Å². The fourth-order valence-electron chi connectivity index (χ4n) is 2.24. The summed E-state index contributed by atoms with van der Waals surface area (Å²) in [6.45, 7) is 6.67. The van der Waals surface area contributed by atoms with E-state index in [0.29, 0.717) is 12.1 Å². The second-order valence-corrected chi connectivity index (χ2v) is 5.83. The van der Waals surface area contributed by atoms with Crippen LogP contribution in [0.2, 0.25) is 0 Å². The van der Waals surface area contributed by atoms with Gasteiger partial charge in [-0.25, -0.2) is 8.78 Å². The summed E-state index contributed by atoms with van der Waals surface area (Å²) in [5.41, 5.74) is 1.48. The predicted molar refractivity (Wildman–Crippen MR) is 75.7 cm³/mol. The molecule has 1 aromatic carbocycles. The van der Waals surface area contributed by atoms with Crippen LogP contribution in [0.25, 0.3) is 0 Å². The van der Waals surface area contributed by atoms with Crippen molar-refractivity contribution in [3.05, 3.63) is 56.8 Å². The normalized spacial score (nSPS) is 12.7. The lowest BCUT2D eigenvalue weighted by Crippen LogP contribution is -2.23. The zero-order chi connectivity index (χ0) is 14.0. The maximum Gasteiger partial charge on any atom is 0.163 e. The molecule has 0 spiro atoms. The van der Waals surface area contributed by atoms with Crippen LogP contribution in [0.15, 0.2) is 24.3 Å². The van der Waals surface area contributed by atoms with Crippen LogP contribution in [0.5, 0.6) is 0 Å². The molecule has 0 aliphatic carbocycles. The van der Waals surface area contributed by atoms with Gasteiger partial charge in [0.1, 0.15) is 0 Å². The van der Waals surface area contributed by atoms with E-state index in [-0.39, 0.29) is 6.04 Å². The molecule has 0 radical (unpaired) electrons. The third-order valence-corrected chi connectivity index (χ3v) is 4.26. The van der Waals surface area contributed by atoms with E-state index < -0.39 is 11.6 Å². The number of hydrogen-bond donors (Lipinski definition) is 1. The smallest absolute Gasteiger partial charge is 0.163 e. The lowest BCUT2D eigenvalue weighted by Gasteiger charge is -2.19. The Morgan fingerprint density at radius 2 is 2.00 bits per heavy atom. The van der Waals surface area contributed by atoms with E-state index in [2.05, 4.69) is 11.4 Å². The first kappa shape index (κ1) is 14.2. The van der Waals surface area contributed by atoms with E-state index in [0.717, 1.165) is 16.5 Å². The van der Waals surface area contributed by atoms with Crippen molar-refractivity contribution in [2.45, 2.75) is 26.8 Å². The van der Waals surface area contributed by atoms with Crippen molar-refractivity contribution in [3.63, 3.8) is 0 Å². The summed E-state index contributed by atoms with van der Waals surface area (Å²) in [6.07, 6.45) is 0. The van der Waals surface area contributed by atoms with Gasteiger partial charge in [-0.05, 0) is 38.1 Å². The minimum atomic E-state index is -0.800. The monoisotopic (exact) mass is 281 g/mol. The molecule has 4 heteroatoms. The Hall–Kier alpha value is -1.26. The standard InChI is InChI=1S/C15H17F2NS/c1-4-18-14(15-9(2)8-10(3)19-15)11-6-5-7-12(16)13(11)17/h5-8,14,18H,4H2,1-3H3. The Kier molecular flexibility index (Phi) is 4.32. The maximum atomic E-state index is 14.0. The Balaban J connectivity index is 2.51. The molecule has 0 aliphatic heterocycles. The minimum Gasteiger partial charge on any atom is -0.306 e. The summed E-state index contributed by atoms with van der Waals surface area (Å²) in [6, 6.07) is 6.11. The Labute approximate surface area is 116 Å². The van der Waals surface area contributed by atoms with Crippen LogP contribution in [0.3, 0.4) is 0 Å². The summed E-state index contributed by atoms with van der Waals surface area (Å²) in [4.78, 5) is 2.22. The zero-order valence-corrected chi connectivity index (χ0v) is 12.1. The highest BCUT2D eigenvalue weighted by molar-refractivity contribution is 7.12. The molecular formula is C15H17F2NS. The van der Waals surface area contributed by atoms with Gasteiger partial charge in [0.25, 0.3) is 0 Å². The highest BCUT2D eigenvalue weighted by atomic mass is 32.1. The average molecular weight is 281 g/mol. The first-order valence-corrected chi connectivity index (χ1v) is 7.10. The molecule has 0 amide bonds. The molecule has 2 rings (SSSR count). The van der Waals surface area contributed by atoms with Gasteiger partial charge in [0.05, 0.1) is 6.04 Å². The Morgan fingerprint density at radius 3 is 2.58 bits per heavy atom. The SMILES string of the molecule is CCNC(c1cccc(F)c1F)c1sc(C)cc1C. The van der Waals surface area contributed by atoms with Crippen molar-refractivity contribution in [1.29, 1.82) is 0 Å². The van der Waals surface area contributed by atoms with Gasteiger partial charge >= 0.3 is 0 Å². The lowest BCUT2D eigenvalue weighted by molar-refractivity contribution is 0.484. The van der Waals surface area contributed by atoms with Gasteiger partial charge in [-0.2, -0.15) is 0 Å². The number of hydrogen-bond acceptors (Lipinski definition) is 2. The van der Waals surface area contributed by atoms with Gasteiger partial charge in [-0.15, -0.1) is 11.3 Å². The third kappa shape index (κ3) is 2.85. The van der Waals surface area contributed by atoms with Crippen molar-refractivity contribution >= 4 is 11.3 Å². The summed E-state index contributed by atoms with van der Waals surface area (Å²) >= 11 is 1.62. The van der Waals surface area contributed by atoms with Gasteiger partial charge in [0.2, 0.25) is 0 Å². The zero-order valence-electron chi connectivity index (χ0n) is 11.3. The quantitative estimate of drug-likeness (QED) is 0.879. The van der Waals surface area contributed by atoms with Gasteiger partial charge < -0.3 is 5.32 Å². The largest absolute Gasteiger partial charge is 0.306 e. The molecule has 0 saturated carbocycles. The molecule has 0 bridgehead atoms. The molecular weight excluding hydrogens is 264 g/mol. The van der Waals surface area contributed by atoms with Crippen LogP contribution in [-0.4, -0.2) is 6.54 Å². The van der Waals surface area contributed by atoms with Gasteiger partial charge in [0.15, 0.2) is 11.6 Å². The van der Waals surface area contributed by atoms with Crippen molar-refractivity contribution in [1.82, 2.24) is 5.32 Å². The first-order chi connectivity index (χ1) is 9.04. The molecule has 1 nitrogen and oxygen atoms in total. The van der Waals surface area contributed by atoms with Crippen LogP contribution in [0, 0.1) is 25.5 Å². The second kappa shape index (κ2) is 5.80. The molecule has 1 heterocycles. The number of aryl methyl sites for hydroxylation is 2. The van der Waals surface area contributed by atoms with Crippen LogP contribution in [0.4, 0.5) is 8.78 Å². The molecule has 1 atom stereocenters. The molecule has 0 saturated heterocycles. The van der Waals surface area contributed by atoms with Crippen LogP contribution < -0.4 is 5.32 Å². The maximum absolute atomic E-state index is 14.0. The van der Waals surface area contributed by atoms with Crippen molar-refractivity contribution < 1.29 is 8.78 Å². The number of thiophene rings is 1. The first-order valence-electron chi connectivity index (χ1n) is 6.28. The molecule has 102 valence electrons. The average Bonchev–Trinajstić information content (AvgIpc) is 2.69. The van der Waals surface area contributed by atoms with E-state index in [1.54, 1.807) is 23.5 Å². The molecule has 0 aliphatic rings. The summed E-state index contributed by atoms with van der Waals surface area (Å²) in [5, 5.41) is 3.24. The summed E-state index contributed by atoms with van der Waals surface area (Å²) < 4.78 is 27.4. The molecule has 19 heavy (non-hydrogen) atoms. The van der Waals surface area contributed by atoms with Crippen LogP contribution in [0.1, 0.15) is 33.8 Å². The van der Waals surface area contributed by atoms with Crippen molar-refractivity contribution in [3.8, 4) is 0 Å². The van der Waals surface area contributed by atoms with E-state index in [4.69, 9.17) is 0 Å². The highest BCUT2D eigenvalue weighted by Crippen LogP contribution is 2.33. The molecule has 1 N–H and O–H groups in total. The van der Waals surface area contributed by atoms with Crippen LogP contribution >= 0.6 is 11.3 Å². The summed E-state index contributed by atoms with van der Waals surface area (Å²) in [5.74, 6) is -1.56. The van der Waals surface area contributed by atoms with E-state index >= 15 is 0 Å². The van der Waals surface area contributed by atoms with Gasteiger partial charge in [0, 0.05) is 15.3 Å². The van der Waals surface area contributed by atoms with Crippen molar-refractivity contribution in [2.75, 3.05) is 6.54 Å². The Bertz CT molecular complexity index is 578. The number of halogens is 2. The number of rotatable bonds is 4. The summed E-state index contributed by atoms with van der Waals surface area (Å²) in [7, 11) is 0. The highest BCUT2D eigenvalue weighted by Gasteiger charge is 2.22. The van der Waals surface area contributed by atoms with Crippen molar-refractivity contribution in [2.24, 2.45) is 0 Å². The molecule has 2 aromatic rings. The van der Waals surface area contributed by atoms with Gasteiger partial charge in [-0.3, -0.25) is 0 Å². The number of benzene rings is 1. The minimum absolute atomic E-state index is 0.292. The topological polar surface area (TPSA) is 12.0 Å². The predicted octanol–water partition coefficient (Wildman–Crippen LogP) is 4.34. The second-order valence-electron chi connectivity index (χ2n) is 4.54. The lowest BCUT2D eigenvalue weighted by atomic mass is 10.0. The fourth-order valence-corrected chi connectivity index (χ4v) is 3.37. The van der Waals surface area contributed by atoms with E-state index in [1.165, 1.54) is 4.88 Å². The molecule has 1 aromatic heterocycles.